The van der Waals surface area contributed by atoms with Gasteiger partial charge in [0.15, 0.2) is 0 Å². The Morgan fingerprint density at radius 2 is 2.14 bits per heavy atom. The van der Waals surface area contributed by atoms with E-state index in [4.69, 9.17) is 9.84 Å². The van der Waals surface area contributed by atoms with Crippen LogP contribution in [0.4, 0.5) is 0 Å². The lowest BCUT2D eigenvalue weighted by molar-refractivity contribution is 0.0799. The standard InChI is InChI=1S/C15H18N2O5/c1-22-12-5-9(4-10(19)6-12)13-2-3-14(17-13)15(21)16-7-11(20)8-18/h2-6,11,17-20H,7-8H2,1H3,(H,16,21)/t11-/m0/s1. The predicted molar refractivity (Wildman–Crippen MR) is 79.9 cm³/mol. The second-order valence-corrected chi connectivity index (χ2v) is 4.75. The molecule has 0 bridgehead atoms. The molecule has 0 aliphatic rings. The number of carbonyl (C=O) groups excluding carboxylic acids is 1. The van der Waals surface area contributed by atoms with E-state index in [-0.39, 0.29) is 12.3 Å². The molecule has 1 aromatic heterocycles. The number of phenols is 1. The van der Waals surface area contributed by atoms with Crippen LogP contribution < -0.4 is 10.1 Å². The quantitative estimate of drug-likeness (QED) is 0.532. The molecule has 1 atom stereocenters. The van der Waals surface area contributed by atoms with Crippen LogP contribution >= 0.6 is 0 Å². The third-order valence-electron chi connectivity index (χ3n) is 3.08. The Morgan fingerprint density at radius 3 is 2.82 bits per heavy atom. The smallest absolute Gasteiger partial charge is 0.267 e. The zero-order valence-corrected chi connectivity index (χ0v) is 12.0. The van der Waals surface area contributed by atoms with Gasteiger partial charge in [-0.15, -0.1) is 0 Å². The largest absolute Gasteiger partial charge is 0.508 e. The van der Waals surface area contributed by atoms with E-state index >= 15 is 0 Å². The third kappa shape index (κ3) is 3.78. The zero-order valence-electron chi connectivity index (χ0n) is 12.0. The first kappa shape index (κ1) is 15.9. The summed E-state index contributed by atoms with van der Waals surface area (Å²) < 4.78 is 5.08. The van der Waals surface area contributed by atoms with Crippen LogP contribution in [0.25, 0.3) is 11.3 Å². The first-order valence-electron chi connectivity index (χ1n) is 6.68. The fourth-order valence-electron chi connectivity index (χ4n) is 1.92. The fraction of sp³-hybridized carbons (Fsp3) is 0.267. The molecular formula is C15H18N2O5. The number of aromatic amines is 1. The fourth-order valence-corrected chi connectivity index (χ4v) is 1.92. The zero-order chi connectivity index (χ0) is 16.1. The summed E-state index contributed by atoms with van der Waals surface area (Å²) in [6, 6.07) is 8.04. The van der Waals surface area contributed by atoms with E-state index in [2.05, 4.69) is 10.3 Å². The number of H-pyrrole nitrogens is 1. The Kier molecular flexibility index (Phi) is 5.03. The van der Waals surface area contributed by atoms with Crippen LogP contribution in [0.3, 0.4) is 0 Å². The molecule has 0 saturated heterocycles. The molecule has 118 valence electrons. The van der Waals surface area contributed by atoms with Gasteiger partial charge >= 0.3 is 0 Å². The van der Waals surface area contributed by atoms with E-state index in [1.807, 2.05) is 0 Å². The Morgan fingerprint density at radius 1 is 1.36 bits per heavy atom. The number of benzene rings is 1. The molecule has 0 aliphatic carbocycles. The van der Waals surface area contributed by atoms with E-state index in [1.165, 1.54) is 13.2 Å². The van der Waals surface area contributed by atoms with Gasteiger partial charge in [-0.3, -0.25) is 4.79 Å². The number of hydrogen-bond donors (Lipinski definition) is 5. The SMILES string of the molecule is COc1cc(O)cc(-c2ccc(C(=O)NC[C@H](O)CO)[nH]2)c1. The monoisotopic (exact) mass is 306 g/mol. The van der Waals surface area contributed by atoms with Crippen LogP contribution in [0.15, 0.2) is 30.3 Å². The molecule has 1 amide bonds. The summed E-state index contributed by atoms with van der Waals surface area (Å²) in [5.41, 5.74) is 1.62. The number of rotatable bonds is 6. The molecule has 0 saturated carbocycles. The number of phenolic OH excluding ortho intramolecular Hbond substituents is 1. The average molecular weight is 306 g/mol. The number of amides is 1. The third-order valence-corrected chi connectivity index (χ3v) is 3.08. The van der Waals surface area contributed by atoms with Gasteiger partial charge in [-0.25, -0.2) is 0 Å². The molecule has 7 heteroatoms. The summed E-state index contributed by atoms with van der Waals surface area (Å²) in [7, 11) is 1.50. The molecule has 0 radical (unpaired) electrons. The van der Waals surface area contributed by atoms with Crippen LogP contribution in [0.1, 0.15) is 10.5 Å². The molecule has 0 unspecified atom stereocenters. The highest BCUT2D eigenvalue weighted by Crippen LogP contribution is 2.28. The van der Waals surface area contributed by atoms with Crippen LogP contribution in [0, 0.1) is 0 Å². The number of methoxy groups -OCH3 is 1. The molecule has 22 heavy (non-hydrogen) atoms. The Labute approximate surface area is 127 Å². The van der Waals surface area contributed by atoms with Crippen LogP contribution in [-0.4, -0.2) is 52.6 Å². The highest BCUT2D eigenvalue weighted by Gasteiger charge is 2.12. The van der Waals surface area contributed by atoms with Gasteiger partial charge in [-0.1, -0.05) is 0 Å². The number of aliphatic hydroxyl groups excluding tert-OH is 2. The Balaban J connectivity index is 2.14. The van der Waals surface area contributed by atoms with Crippen molar-refractivity contribution in [2.75, 3.05) is 20.3 Å². The summed E-state index contributed by atoms with van der Waals surface area (Å²) in [6.45, 7) is -0.455. The molecular weight excluding hydrogens is 288 g/mol. The van der Waals surface area contributed by atoms with Gasteiger partial charge in [0.25, 0.3) is 5.91 Å². The molecule has 0 fully saturated rings. The average Bonchev–Trinajstić information content (AvgIpc) is 3.01. The van der Waals surface area contributed by atoms with Gasteiger partial charge in [0, 0.05) is 23.9 Å². The number of ether oxygens (including phenoxy) is 1. The molecule has 7 nitrogen and oxygen atoms in total. The first-order valence-corrected chi connectivity index (χ1v) is 6.68. The maximum atomic E-state index is 11.9. The topological polar surface area (TPSA) is 115 Å². The van der Waals surface area contributed by atoms with Gasteiger partial charge in [0.1, 0.15) is 17.2 Å². The van der Waals surface area contributed by atoms with Crippen molar-refractivity contribution in [3.8, 4) is 22.8 Å². The second kappa shape index (κ2) is 6.97. The lowest BCUT2D eigenvalue weighted by Crippen LogP contribution is -2.34. The van der Waals surface area contributed by atoms with E-state index in [9.17, 15) is 15.0 Å². The molecule has 5 N–H and O–H groups in total. The minimum absolute atomic E-state index is 0.0381. The van der Waals surface area contributed by atoms with Crippen molar-refractivity contribution in [3.05, 3.63) is 36.0 Å². The molecule has 1 aromatic carbocycles. The molecule has 0 aliphatic heterocycles. The highest BCUT2D eigenvalue weighted by atomic mass is 16.5. The Bertz CT molecular complexity index is 653. The summed E-state index contributed by atoms with van der Waals surface area (Å²) in [5.74, 6) is 0.161. The number of carbonyl (C=O) groups is 1. The Hall–Kier alpha value is -2.51. The van der Waals surface area contributed by atoms with Crippen LogP contribution in [-0.2, 0) is 0 Å². The van der Waals surface area contributed by atoms with E-state index < -0.39 is 18.6 Å². The molecule has 1 heterocycles. The normalized spacial score (nSPS) is 12.0. The van der Waals surface area contributed by atoms with Crippen LogP contribution in [0.5, 0.6) is 11.5 Å². The minimum atomic E-state index is -0.992. The van der Waals surface area contributed by atoms with Crippen molar-refractivity contribution in [2.45, 2.75) is 6.10 Å². The summed E-state index contributed by atoms with van der Waals surface area (Å²) in [5, 5.41) is 30.1. The van der Waals surface area contributed by atoms with Gasteiger partial charge in [-0.05, 0) is 24.3 Å². The lowest BCUT2D eigenvalue weighted by Gasteiger charge is -2.08. The van der Waals surface area contributed by atoms with Crippen molar-refractivity contribution in [1.82, 2.24) is 10.3 Å². The van der Waals surface area contributed by atoms with Gasteiger partial charge in [-0.2, -0.15) is 0 Å². The van der Waals surface area contributed by atoms with Crippen molar-refractivity contribution in [2.24, 2.45) is 0 Å². The molecule has 2 aromatic rings. The number of hydrogen-bond acceptors (Lipinski definition) is 5. The highest BCUT2D eigenvalue weighted by molar-refractivity contribution is 5.93. The predicted octanol–water partition coefficient (Wildman–Crippen LogP) is 0.479. The summed E-state index contributed by atoms with van der Waals surface area (Å²) in [6.07, 6.45) is -0.992. The lowest BCUT2D eigenvalue weighted by atomic mass is 10.1. The van der Waals surface area contributed by atoms with Gasteiger partial charge in [0.05, 0.1) is 19.8 Å². The summed E-state index contributed by atoms with van der Waals surface area (Å²) in [4.78, 5) is 14.8. The van der Waals surface area contributed by atoms with Gasteiger partial charge < -0.3 is 30.4 Å². The summed E-state index contributed by atoms with van der Waals surface area (Å²) >= 11 is 0. The van der Waals surface area contributed by atoms with Crippen molar-refractivity contribution in [1.29, 1.82) is 0 Å². The number of aliphatic hydroxyl groups is 2. The van der Waals surface area contributed by atoms with E-state index in [0.717, 1.165) is 0 Å². The molecule has 0 spiro atoms. The minimum Gasteiger partial charge on any atom is -0.508 e. The van der Waals surface area contributed by atoms with Crippen molar-refractivity contribution in [3.63, 3.8) is 0 Å². The van der Waals surface area contributed by atoms with Crippen molar-refractivity contribution >= 4 is 5.91 Å². The molecule has 2 rings (SSSR count). The maximum absolute atomic E-state index is 11.9. The van der Waals surface area contributed by atoms with E-state index in [1.54, 1.807) is 24.3 Å². The van der Waals surface area contributed by atoms with E-state index in [0.29, 0.717) is 22.7 Å². The second-order valence-electron chi connectivity index (χ2n) is 4.75. The van der Waals surface area contributed by atoms with Crippen LogP contribution in [0.2, 0.25) is 0 Å². The van der Waals surface area contributed by atoms with Crippen molar-refractivity contribution < 1.29 is 24.9 Å². The first-order chi connectivity index (χ1) is 10.5. The number of nitrogens with one attached hydrogen (secondary N) is 2. The number of aromatic hydroxyl groups is 1. The number of aromatic nitrogens is 1. The maximum Gasteiger partial charge on any atom is 0.267 e. The van der Waals surface area contributed by atoms with Gasteiger partial charge in [0.2, 0.25) is 0 Å².